The first-order valence-corrected chi connectivity index (χ1v) is 10.6. The van der Waals surface area contributed by atoms with E-state index in [-0.39, 0.29) is 33.7 Å². The average Bonchev–Trinajstić information content (AvgIpc) is 3.25. The van der Waals surface area contributed by atoms with Crippen LogP contribution in [0.15, 0.2) is 47.6 Å². The van der Waals surface area contributed by atoms with Crippen molar-refractivity contribution in [3.05, 3.63) is 58.9 Å². The minimum atomic E-state index is -3.95. The number of aromatic nitrogens is 1. The van der Waals surface area contributed by atoms with E-state index in [1.54, 1.807) is 6.07 Å². The van der Waals surface area contributed by atoms with Crippen LogP contribution in [0.25, 0.3) is 0 Å². The number of hydrogen-bond acceptors (Lipinski definition) is 6. The number of hydrazine groups is 1. The predicted molar refractivity (Wildman–Crippen MR) is 105 cm³/mol. The number of carbonyl (C=O) groups is 2. The van der Waals surface area contributed by atoms with Crippen LogP contribution >= 0.6 is 11.6 Å². The lowest BCUT2D eigenvalue weighted by atomic mass is 10.2. The van der Waals surface area contributed by atoms with E-state index in [2.05, 4.69) is 20.6 Å². The minimum absolute atomic E-state index is 0.0124. The number of nitrogens with zero attached hydrogens (tertiary/aromatic N) is 1. The highest BCUT2D eigenvalue weighted by Crippen LogP contribution is 2.23. The number of pyridine rings is 1. The number of rotatable bonds is 6. The first kappa shape index (κ1) is 21.2. The van der Waals surface area contributed by atoms with Crippen LogP contribution in [-0.2, 0) is 14.8 Å². The molecule has 0 radical (unpaired) electrons. The second-order valence-corrected chi connectivity index (χ2v) is 8.42. The fraction of sp³-hybridized carbons (Fsp3) is 0.278. The smallest absolute Gasteiger partial charge is 0.271 e. The van der Waals surface area contributed by atoms with Gasteiger partial charge in [-0.2, -0.15) is 0 Å². The monoisotopic (exact) mass is 438 g/mol. The lowest BCUT2D eigenvalue weighted by Crippen LogP contribution is -2.41. The van der Waals surface area contributed by atoms with E-state index in [1.807, 2.05) is 0 Å². The summed E-state index contributed by atoms with van der Waals surface area (Å²) in [6.45, 7) is 0.726. The van der Waals surface area contributed by atoms with Gasteiger partial charge in [-0.1, -0.05) is 11.6 Å². The Morgan fingerprint density at radius 3 is 2.59 bits per heavy atom. The van der Waals surface area contributed by atoms with Crippen molar-refractivity contribution in [3.63, 3.8) is 0 Å². The highest BCUT2D eigenvalue weighted by atomic mass is 35.5. The molecule has 0 bridgehead atoms. The Balaban J connectivity index is 1.67. The second-order valence-electron chi connectivity index (χ2n) is 6.28. The Hall–Kier alpha value is -2.53. The van der Waals surface area contributed by atoms with E-state index in [0.717, 1.165) is 18.9 Å². The maximum absolute atomic E-state index is 12.6. The van der Waals surface area contributed by atoms with Gasteiger partial charge in [0.15, 0.2) is 0 Å². The van der Waals surface area contributed by atoms with Crippen LogP contribution in [0.2, 0.25) is 5.02 Å². The molecule has 1 fully saturated rings. The SMILES string of the molecule is O=C(NNC(=O)c1ccc(Cl)c(S(=O)(=O)NCC2CCCO2)c1)c1cccnc1. The minimum Gasteiger partial charge on any atom is -0.377 e. The number of carbonyl (C=O) groups excluding carboxylic acids is 2. The maximum atomic E-state index is 12.6. The van der Waals surface area contributed by atoms with Gasteiger partial charge in [0.2, 0.25) is 10.0 Å². The molecule has 1 aromatic heterocycles. The number of ether oxygens (including phenoxy) is 1. The number of nitrogens with one attached hydrogen (secondary N) is 3. The Morgan fingerprint density at radius 2 is 1.93 bits per heavy atom. The van der Waals surface area contributed by atoms with Crippen LogP contribution in [-0.4, -0.2) is 44.5 Å². The van der Waals surface area contributed by atoms with Crippen LogP contribution < -0.4 is 15.6 Å². The van der Waals surface area contributed by atoms with Gasteiger partial charge in [-0.05, 0) is 43.2 Å². The Morgan fingerprint density at radius 1 is 1.17 bits per heavy atom. The quantitative estimate of drug-likeness (QED) is 0.583. The molecule has 2 aromatic rings. The molecule has 0 spiro atoms. The molecule has 1 atom stereocenters. The van der Waals surface area contributed by atoms with Crippen molar-refractivity contribution in [2.75, 3.05) is 13.2 Å². The molecule has 9 nitrogen and oxygen atoms in total. The molecule has 2 amide bonds. The molecule has 1 aromatic carbocycles. The standard InChI is InChI=1S/C18H19ClN4O5S/c19-15-6-5-12(17(24)22-23-18(25)13-3-1-7-20-10-13)9-16(15)29(26,27)21-11-14-4-2-8-28-14/h1,3,5-7,9-10,14,21H,2,4,8,11H2,(H,22,24)(H,23,25). The van der Waals surface area contributed by atoms with Gasteiger partial charge in [-0.25, -0.2) is 13.1 Å². The van der Waals surface area contributed by atoms with Gasteiger partial charge in [0.25, 0.3) is 11.8 Å². The molecule has 1 aliphatic heterocycles. The summed E-state index contributed by atoms with van der Waals surface area (Å²) in [5, 5.41) is -0.0271. The van der Waals surface area contributed by atoms with Gasteiger partial charge in [0, 0.05) is 31.1 Å². The van der Waals surface area contributed by atoms with E-state index < -0.39 is 21.8 Å². The fourth-order valence-corrected chi connectivity index (χ4v) is 4.28. The van der Waals surface area contributed by atoms with E-state index >= 15 is 0 Å². The predicted octanol–water partition coefficient (Wildman–Crippen LogP) is 1.27. The Labute approximate surface area is 172 Å². The number of halogens is 1. The number of sulfonamides is 1. The summed E-state index contributed by atoms with van der Waals surface area (Å²) < 4.78 is 33.0. The lowest BCUT2D eigenvalue weighted by Gasteiger charge is -2.13. The summed E-state index contributed by atoms with van der Waals surface area (Å²) >= 11 is 6.03. The number of amides is 2. The lowest BCUT2D eigenvalue weighted by molar-refractivity contribution is 0.0846. The van der Waals surface area contributed by atoms with Crippen molar-refractivity contribution < 1.29 is 22.7 Å². The molecular formula is C18H19ClN4O5S. The van der Waals surface area contributed by atoms with E-state index in [1.165, 1.54) is 30.6 Å². The first-order valence-electron chi connectivity index (χ1n) is 8.78. The third-order valence-corrected chi connectivity index (χ3v) is 6.13. The Bertz CT molecular complexity index is 995. The molecule has 11 heteroatoms. The summed E-state index contributed by atoms with van der Waals surface area (Å²) in [6.07, 6.45) is 4.33. The topological polar surface area (TPSA) is 126 Å². The molecule has 0 aliphatic carbocycles. The molecule has 3 rings (SSSR count). The zero-order valence-electron chi connectivity index (χ0n) is 15.2. The van der Waals surface area contributed by atoms with Gasteiger partial charge in [0.05, 0.1) is 16.7 Å². The van der Waals surface area contributed by atoms with Crippen LogP contribution in [0.1, 0.15) is 33.6 Å². The van der Waals surface area contributed by atoms with Crippen LogP contribution in [0.5, 0.6) is 0 Å². The molecule has 1 saturated heterocycles. The fourth-order valence-electron chi connectivity index (χ4n) is 2.69. The zero-order valence-corrected chi connectivity index (χ0v) is 16.8. The van der Waals surface area contributed by atoms with E-state index in [9.17, 15) is 18.0 Å². The van der Waals surface area contributed by atoms with Gasteiger partial charge in [-0.3, -0.25) is 25.4 Å². The van der Waals surface area contributed by atoms with Crippen molar-refractivity contribution >= 4 is 33.4 Å². The molecule has 154 valence electrons. The van der Waals surface area contributed by atoms with Crippen molar-refractivity contribution in [1.29, 1.82) is 0 Å². The van der Waals surface area contributed by atoms with Crippen molar-refractivity contribution in [3.8, 4) is 0 Å². The molecule has 29 heavy (non-hydrogen) atoms. The summed E-state index contributed by atoms with van der Waals surface area (Å²) in [5.74, 6) is -1.26. The van der Waals surface area contributed by atoms with Crippen molar-refractivity contribution in [2.45, 2.75) is 23.8 Å². The maximum Gasteiger partial charge on any atom is 0.271 e. The summed E-state index contributed by atoms with van der Waals surface area (Å²) in [5.41, 5.74) is 4.73. The third-order valence-electron chi connectivity index (χ3n) is 4.22. The highest BCUT2D eigenvalue weighted by Gasteiger charge is 2.23. The zero-order chi connectivity index (χ0) is 20.9. The molecule has 1 unspecified atom stereocenters. The second kappa shape index (κ2) is 9.31. The molecule has 3 N–H and O–H groups in total. The van der Waals surface area contributed by atoms with Crippen molar-refractivity contribution in [1.82, 2.24) is 20.6 Å². The van der Waals surface area contributed by atoms with E-state index in [0.29, 0.717) is 6.61 Å². The van der Waals surface area contributed by atoms with Gasteiger partial charge < -0.3 is 4.74 Å². The van der Waals surface area contributed by atoms with Gasteiger partial charge >= 0.3 is 0 Å². The molecule has 2 heterocycles. The summed E-state index contributed by atoms with van der Waals surface area (Å²) in [7, 11) is -3.95. The molecular weight excluding hydrogens is 420 g/mol. The van der Waals surface area contributed by atoms with Crippen LogP contribution in [0.3, 0.4) is 0 Å². The Kier molecular flexibility index (Phi) is 6.80. The highest BCUT2D eigenvalue weighted by molar-refractivity contribution is 7.89. The van der Waals surface area contributed by atoms with Crippen LogP contribution in [0.4, 0.5) is 0 Å². The largest absolute Gasteiger partial charge is 0.377 e. The summed E-state index contributed by atoms with van der Waals surface area (Å²) in [6, 6.07) is 6.91. The molecule has 0 saturated carbocycles. The third kappa shape index (κ3) is 5.51. The first-order chi connectivity index (χ1) is 13.9. The molecule has 1 aliphatic rings. The normalized spacial score (nSPS) is 16.4. The number of benzene rings is 1. The van der Waals surface area contributed by atoms with Gasteiger partial charge in [0.1, 0.15) is 4.90 Å². The van der Waals surface area contributed by atoms with Crippen molar-refractivity contribution in [2.24, 2.45) is 0 Å². The number of hydrogen-bond donors (Lipinski definition) is 3. The van der Waals surface area contributed by atoms with Crippen LogP contribution in [0, 0.1) is 0 Å². The summed E-state index contributed by atoms with van der Waals surface area (Å²) in [4.78, 5) is 27.9. The van der Waals surface area contributed by atoms with E-state index in [4.69, 9.17) is 16.3 Å². The van der Waals surface area contributed by atoms with Gasteiger partial charge in [-0.15, -0.1) is 0 Å². The average molecular weight is 439 g/mol.